The van der Waals surface area contributed by atoms with Crippen LogP contribution in [0.25, 0.3) is 0 Å². The molecule has 0 radical (unpaired) electrons. The number of halogens is 1. The maximum atomic E-state index is 5.94. The van der Waals surface area contributed by atoms with E-state index in [1.165, 1.54) is 0 Å². The van der Waals surface area contributed by atoms with Gasteiger partial charge in [0.2, 0.25) is 6.79 Å². The number of anilines is 2. The van der Waals surface area contributed by atoms with E-state index in [1.54, 1.807) is 0 Å². The van der Waals surface area contributed by atoms with Crippen LogP contribution in [0.5, 0.6) is 11.5 Å². The minimum absolute atomic E-state index is 0.297. The Morgan fingerprint density at radius 2 is 1.95 bits per heavy atom. The van der Waals surface area contributed by atoms with Crippen LogP contribution in [0.2, 0.25) is 0 Å². The quantitative estimate of drug-likeness (QED) is 0.851. The van der Waals surface area contributed by atoms with Gasteiger partial charge in [0.15, 0.2) is 11.5 Å². The molecule has 3 N–H and O–H groups in total. The molecule has 0 fully saturated rings. The van der Waals surface area contributed by atoms with E-state index in [-0.39, 0.29) is 0 Å². The SMILES string of the molecule is Nc1cc(Br)ccc1NCc1ccc2c(c1)OCO2. The molecule has 19 heavy (non-hydrogen) atoms. The van der Waals surface area contributed by atoms with Crippen molar-refractivity contribution in [1.29, 1.82) is 0 Å². The average Bonchev–Trinajstić information content (AvgIpc) is 2.85. The van der Waals surface area contributed by atoms with Gasteiger partial charge in [-0.1, -0.05) is 22.0 Å². The first-order chi connectivity index (χ1) is 9.22. The molecule has 2 aromatic carbocycles. The van der Waals surface area contributed by atoms with E-state index in [9.17, 15) is 0 Å². The van der Waals surface area contributed by atoms with Gasteiger partial charge in [-0.3, -0.25) is 0 Å². The molecule has 98 valence electrons. The zero-order chi connectivity index (χ0) is 13.2. The third kappa shape index (κ3) is 2.61. The van der Waals surface area contributed by atoms with Crippen LogP contribution in [-0.2, 0) is 6.54 Å². The van der Waals surface area contributed by atoms with Crippen molar-refractivity contribution in [3.8, 4) is 11.5 Å². The lowest BCUT2D eigenvalue weighted by Crippen LogP contribution is -2.02. The summed E-state index contributed by atoms with van der Waals surface area (Å²) in [6.07, 6.45) is 0. The number of nitrogens with two attached hydrogens (primary N) is 1. The first-order valence-corrected chi connectivity index (χ1v) is 6.69. The second-order valence-corrected chi connectivity index (χ2v) is 5.19. The highest BCUT2D eigenvalue weighted by Crippen LogP contribution is 2.33. The lowest BCUT2D eigenvalue weighted by atomic mass is 10.2. The average molecular weight is 321 g/mol. The van der Waals surface area contributed by atoms with Crippen molar-refractivity contribution in [2.75, 3.05) is 17.8 Å². The third-order valence-corrected chi connectivity index (χ3v) is 3.43. The number of ether oxygens (including phenoxy) is 2. The summed E-state index contributed by atoms with van der Waals surface area (Å²) >= 11 is 3.39. The van der Waals surface area contributed by atoms with Gasteiger partial charge in [0.05, 0.1) is 11.4 Å². The molecule has 1 aliphatic rings. The van der Waals surface area contributed by atoms with Crippen LogP contribution in [0.15, 0.2) is 40.9 Å². The predicted octanol–water partition coefficient (Wildman–Crippen LogP) is 3.37. The zero-order valence-electron chi connectivity index (χ0n) is 10.2. The van der Waals surface area contributed by atoms with Gasteiger partial charge in [0.1, 0.15) is 0 Å². The van der Waals surface area contributed by atoms with E-state index in [0.29, 0.717) is 13.3 Å². The monoisotopic (exact) mass is 320 g/mol. The summed E-state index contributed by atoms with van der Waals surface area (Å²) in [6, 6.07) is 11.7. The van der Waals surface area contributed by atoms with Gasteiger partial charge in [0, 0.05) is 11.0 Å². The molecule has 0 aromatic heterocycles. The molecule has 1 aliphatic heterocycles. The van der Waals surface area contributed by atoms with Crippen LogP contribution < -0.4 is 20.5 Å². The van der Waals surface area contributed by atoms with Crippen LogP contribution >= 0.6 is 15.9 Å². The number of hydrogen-bond acceptors (Lipinski definition) is 4. The van der Waals surface area contributed by atoms with Gasteiger partial charge in [-0.2, -0.15) is 0 Å². The first-order valence-electron chi connectivity index (χ1n) is 5.90. The van der Waals surface area contributed by atoms with Crippen LogP contribution in [-0.4, -0.2) is 6.79 Å². The number of fused-ring (bicyclic) bond motifs is 1. The molecule has 0 atom stereocenters. The van der Waals surface area contributed by atoms with Crippen molar-refractivity contribution >= 4 is 27.3 Å². The molecule has 2 aromatic rings. The summed E-state index contributed by atoms with van der Waals surface area (Å²) in [5, 5.41) is 3.31. The summed E-state index contributed by atoms with van der Waals surface area (Å²) < 4.78 is 11.6. The molecular weight excluding hydrogens is 308 g/mol. The summed E-state index contributed by atoms with van der Waals surface area (Å²) in [7, 11) is 0. The van der Waals surface area contributed by atoms with Crippen molar-refractivity contribution in [2.45, 2.75) is 6.54 Å². The summed E-state index contributed by atoms with van der Waals surface area (Å²) in [6.45, 7) is 0.981. The highest BCUT2D eigenvalue weighted by atomic mass is 79.9. The summed E-state index contributed by atoms with van der Waals surface area (Å²) in [5.41, 5.74) is 8.69. The minimum atomic E-state index is 0.297. The van der Waals surface area contributed by atoms with Gasteiger partial charge in [-0.05, 0) is 35.9 Å². The number of nitrogen functional groups attached to an aromatic ring is 1. The van der Waals surface area contributed by atoms with Crippen LogP contribution in [0.4, 0.5) is 11.4 Å². The predicted molar refractivity (Wildman–Crippen MR) is 78.4 cm³/mol. The fraction of sp³-hybridized carbons (Fsp3) is 0.143. The zero-order valence-corrected chi connectivity index (χ0v) is 11.7. The third-order valence-electron chi connectivity index (χ3n) is 2.93. The lowest BCUT2D eigenvalue weighted by Gasteiger charge is -2.10. The van der Waals surface area contributed by atoms with E-state index >= 15 is 0 Å². The van der Waals surface area contributed by atoms with E-state index in [2.05, 4.69) is 21.2 Å². The second kappa shape index (κ2) is 5.01. The molecule has 0 bridgehead atoms. The first kappa shape index (κ1) is 12.2. The highest BCUT2D eigenvalue weighted by Gasteiger charge is 2.13. The van der Waals surface area contributed by atoms with Crippen LogP contribution in [0.1, 0.15) is 5.56 Å². The largest absolute Gasteiger partial charge is 0.454 e. The van der Waals surface area contributed by atoms with E-state index < -0.39 is 0 Å². The van der Waals surface area contributed by atoms with Gasteiger partial charge in [0.25, 0.3) is 0 Å². The molecular formula is C14H13BrN2O2. The molecule has 5 heteroatoms. The molecule has 0 saturated carbocycles. The fourth-order valence-corrected chi connectivity index (χ4v) is 2.32. The standard InChI is InChI=1S/C14H13BrN2O2/c15-10-2-3-12(11(16)6-10)17-7-9-1-4-13-14(5-9)19-8-18-13/h1-6,17H,7-8,16H2. The van der Waals surface area contributed by atoms with Crippen molar-refractivity contribution in [3.05, 3.63) is 46.4 Å². The Hall–Kier alpha value is -1.88. The van der Waals surface area contributed by atoms with Crippen LogP contribution in [0, 0.1) is 0 Å². The molecule has 0 saturated heterocycles. The highest BCUT2D eigenvalue weighted by molar-refractivity contribution is 9.10. The van der Waals surface area contributed by atoms with Crippen molar-refractivity contribution < 1.29 is 9.47 Å². The van der Waals surface area contributed by atoms with Crippen molar-refractivity contribution in [2.24, 2.45) is 0 Å². The molecule has 0 unspecified atom stereocenters. The summed E-state index contributed by atoms with van der Waals surface area (Å²) in [4.78, 5) is 0. The fourth-order valence-electron chi connectivity index (χ4n) is 1.94. The van der Waals surface area contributed by atoms with Crippen molar-refractivity contribution in [3.63, 3.8) is 0 Å². The molecule has 0 amide bonds. The molecule has 1 heterocycles. The Morgan fingerprint density at radius 1 is 1.11 bits per heavy atom. The molecule has 3 rings (SSSR count). The maximum Gasteiger partial charge on any atom is 0.231 e. The molecule has 0 spiro atoms. The molecule has 4 nitrogen and oxygen atoms in total. The summed E-state index contributed by atoms with van der Waals surface area (Å²) in [5.74, 6) is 1.59. The number of hydrogen-bond donors (Lipinski definition) is 2. The van der Waals surface area contributed by atoms with Crippen LogP contribution in [0.3, 0.4) is 0 Å². The number of benzene rings is 2. The Morgan fingerprint density at radius 3 is 2.79 bits per heavy atom. The van der Waals surface area contributed by atoms with Crippen molar-refractivity contribution in [1.82, 2.24) is 0 Å². The number of rotatable bonds is 3. The van der Waals surface area contributed by atoms with E-state index in [4.69, 9.17) is 15.2 Å². The minimum Gasteiger partial charge on any atom is -0.454 e. The smallest absolute Gasteiger partial charge is 0.231 e. The Kier molecular flexibility index (Phi) is 3.21. The number of nitrogens with one attached hydrogen (secondary N) is 1. The van der Waals surface area contributed by atoms with Gasteiger partial charge in [-0.25, -0.2) is 0 Å². The maximum absolute atomic E-state index is 5.94. The van der Waals surface area contributed by atoms with Gasteiger partial charge in [-0.15, -0.1) is 0 Å². The normalized spacial score (nSPS) is 12.5. The second-order valence-electron chi connectivity index (χ2n) is 4.27. The lowest BCUT2D eigenvalue weighted by molar-refractivity contribution is 0.174. The van der Waals surface area contributed by atoms with Gasteiger partial charge >= 0.3 is 0 Å². The van der Waals surface area contributed by atoms with E-state index in [1.807, 2.05) is 36.4 Å². The van der Waals surface area contributed by atoms with E-state index in [0.717, 1.165) is 32.9 Å². The van der Waals surface area contributed by atoms with Gasteiger partial charge < -0.3 is 20.5 Å². The topological polar surface area (TPSA) is 56.5 Å². The Balaban J connectivity index is 1.72. The Bertz CT molecular complexity index is 616. The Labute approximate surface area is 119 Å². The molecule has 0 aliphatic carbocycles.